The molecule has 1 N–H and O–H groups in total. The number of carbonyl (C=O) groups is 1. The molecular formula is C13H9F2N3O3. The van der Waals surface area contributed by atoms with Gasteiger partial charge in [0.15, 0.2) is 0 Å². The molecule has 0 saturated carbocycles. The van der Waals surface area contributed by atoms with E-state index in [1.54, 1.807) is 0 Å². The van der Waals surface area contributed by atoms with Gasteiger partial charge >= 0.3 is 0 Å². The van der Waals surface area contributed by atoms with Crippen LogP contribution in [0.4, 0.5) is 20.2 Å². The number of hydrogen-bond acceptors (Lipinski definition) is 4. The second kappa shape index (κ2) is 5.61. The van der Waals surface area contributed by atoms with Crippen molar-refractivity contribution in [1.82, 2.24) is 4.98 Å². The summed E-state index contributed by atoms with van der Waals surface area (Å²) in [6.07, 6.45) is 0. The van der Waals surface area contributed by atoms with Gasteiger partial charge in [-0.15, -0.1) is 0 Å². The van der Waals surface area contributed by atoms with Crippen LogP contribution in [0.5, 0.6) is 0 Å². The molecule has 1 aromatic carbocycles. The molecule has 2 rings (SSSR count). The highest BCUT2D eigenvalue weighted by Crippen LogP contribution is 2.20. The van der Waals surface area contributed by atoms with Gasteiger partial charge in [0.2, 0.25) is 11.9 Å². The quantitative estimate of drug-likeness (QED) is 0.535. The molecule has 0 aliphatic rings. The minimum Gasteiger partial charge on any atom is -0.318 e. The van der Waals surface area contributed by atoms with Crippen LogP contribution in [0.1, 0.15) is 15.9 Å². The van der Waals surface area contributed by atoms with E-state index in [1.807, 2.05) is 0 Å². The van der Waals surface area contributed by atoms with Crippen molar-refractivity contribution in [2.45, 2.75) is 6.92 Å². The molecule has 0 spiro atoms. The smallest absolute Gasteiger partial charge is 0.273 e. The zero-order chi connectivity index (χ0) is 15.6. The Morgan fingerprint density at radius 3 is 2.62 bits per heavy atom. The summed E-state index contributed by atoms with van der Waals surface area (Å²) in [5.74, 6) is -2.95. The molecule has 0 atom stereocenters. The van der Waals surface area contributed by atoms with Crippen LogP contribution in [0, 0.1) is 28.9 Å². The zero-order valence-corrected chi connectivity index (χ0v) is 10.8. The standard InChI is InChI=1S/C13H9F2N3O3/c1-7-2-3-8(6-10(7)18(20)21)13(19)16-9-4-5-11(14)17-12(9)15/h2-6H,1H3,(H,16,19). The Balaban J connectivity index is 2.28. The topological polar surface area (TPSA) is 85.1 Å². The van der Waals surface area contributed by atoms with Crippen LogP contribution in [0.2, 0.25) is 0 Å². The molecular weight excluding hydrogens is 284 g/mol. The molecule has 0 bridgehead atoms. The number of nitrogens with one attached hydrogen (secondary N) is 1. The third-order valence-electron chi connectivity index (χ3n) is 2.73. The molecule has 2 aromatic rings. The molecule has 108 valence electrons. The fraction of sp³-hybridized carbons (Fsp3) is 0.0769. The molecule has 1 heterocycles. The van der Waals surface area contributed by atoms with Gasteiger partial charge in [-0.2, -0.15) is 13.8 Å². The molecule has 0 aliphatic heterocycles. The van der Waals surface area contributed by atoms with E-state index in [4.69, 9.17) is 0 Å². The van der Waals surface area contributed by atoms with Crippen molar-refractivity contribution < 1.29 is 18.5 Å². The molecule has 21 heavy (non-hydrogen) atoms. The highest BCUT2D eigenvalue weighted by atomic mass is 19.1. The fourth-order valence-corrected chi connectivity index (χ4v) is 1.65. The third-order valence-corrected chi connectivity index (χ3v) is 2.73. The van der Waals surface area contributed by atoms with E-state index in [0.717, 1.165) is 18.2 Å². The lowest BCUT2D eigenvalue weighted by Crippen LogP contribution is -2.14. The van der Waals surface area contributed by atoms with Crippen LogP contribution >= 0.6 is 0 Å². The van der Waals surface area contributed by atoms with Gasteiger partial charge in [-0.25, -0.2) is 0 Å². The summed E-state index contributed by atoms with van der Waals surface area (Å²) >= 11 is 0. The van der Waals surface area contributed by atoms with E-state index in [0.29, 0.717) is 5.56 Å². The van der Waals surface area contributed by atoms with Crippen LogP contribution in [0.3, 0.4) is 0 Å². The van der Waals surface area contributed by atoms with Crippen LogP contribution in [0.25, 0.3) is 0 Å². The van der Waals surface area contributed by atoms with E-state index in [9.17, 15) is 23.7 Å². The van der Waals surface area contributed by atoms with Crippen LogP contribution in [-0.4, -0.2) is 15.8 Å². The minimum absolute atomic E-state index is 0.0176. The van der Waals surface area contributed by atoms with Crippen molar-refractivity contribution in [2.75, 3.05) is 5.32 Å². The molecule has 0 fully saturated rings. The number of halogens is 2. The second-order valence-electron chi connectivity index (χ2n) is 4.18. The van der Waals surface area contributed by atoms with E-state index >= 15 is 0 Å². The van der Waals surface area contributed by atoms with Crippen molar-refractivity contribution in [3.8, 4) is 0 Å². The first kappa shape index (κ1) is 14.5. The van der Waals surface area contributed by atoms with Crippen molar-refractivity contribution in [1.29, 1.82) is 0 Å². The minimum atomic E-state index is -1.18. The van der Waals surface area contributed by atoms with E-state index in [1.165, 1.54) is 19.1 Å². The third kappa shape index (κ3) is 3.16. The summed E-state index contributed by atoms with van der Waals surface area (Å²) in [4.78, 5) is 25.0. The summed E-state index contributed by atoms with van der Waals surface area (Å²) in [5, 5.41) is 13.0. The Hall–Kier alpha value is -2.90. The molecule has 8 heteroatoms. The lowest BCUT2D eigenvalue weighted by atomic mass is 10.1. The lowest BCUT2D eigenvalue weighted by Gasteiger charge is -2.06. The summed E-state index contributed by atoms with van der Waals surface area (Å²) in [6.45, 7) is 1.53. The first-order chi connectivity index (χ1) is 9.88. The highest BCUT2D eigenvalue weighted by molar-refractivity contribution is 6.04. The van der Waals surface area contributed by atoms with Gasteiger partial charge in [0, 0.05) is 17.2 Å². The predicted molar refractivity (Wildman–Crippen MR) is 69.9 cm³/mol. The number of aromatic nitrogens is 1. The summed E-state index contributed by atoms with van der Waals surface area (Å²) < 4.78 is 26.0. The van der Waals surface area contributed by atoms with Crippen molar-refractivity contribution in [2.24, 2.45) is 0 Å². The maximum atomic E-state index is 13.3. The molecule has 0 unspecified atom stereocenters. The van der Waals surface area contributed by atoms with Crippen LogP contribution in [-0.2, 0) is 0 Å². The SMILES string of the molecule is Cc1ccc(C(=O)Nc2ccc(F)nc2F)cc1[N+](=O)[O-]. The molecule has 0 saturated heterocycles. The van der Waals surface area contributed by atoms with Crippen LogP contribution in [0.15, 0.2) is 30.3 Å². The number of nitrogens with zero attached hydrogens (tertiary/aromatic N) is 2. The number of benzene rings is 1. The molecule has 0 aliphatic carbocycles. The van der Waals surface area contributed by atoms with Gasteiger partial charge in [-0.05, 0) is 25.1 Å². The number of nitro groups is 1. The van der Waals surface area contributed by atoms with Gasteiger partial charge in [0.1, 0.15) is 0 Å². The average molecular weight is 293 g/mol. The van der Waals surface area contributed by atoms with Crippen molar-refractivity contribution in [3.63, 3.8) is 0 Å². The van der Waals surface area contributed by atoms with E-state index < -0.39 is 22.7 Å². The van der Waals surface area contributed by atoms with Gasteiger partial charge in [0.25, 0.3) is 11.6 Å². The number of aryl methyl sites for hydroxylation is 1. The Morgan fingerprint density at radius 1 is 1.29 bits per heavy atom. The molecule has 1 amide bonds. The van der Waals surface area contributed by atoms with Crippen LogP contribution < -0.4 is 5.32 Å². The number of hydrogen-bond donors (Lipinski definition) is 1. The first-order valence-corrected chi connectivity index (χ1v) is 5.77. The van der Waals surface area contributed by atoms with Crippen molar-refractivity contribution >= 4 is 17.3 Å². The number of nitro benzene ring substituents is 1. The molecule has 1 aromatic heterocycles. The average Bonchev–Trinajstić information content (AvgIpc) is 2.42. The predicted octanol–water partition coefficient (Wildman–Crippen LogP) is 2.83. The number of rotatable bonds is 3. The first-order valence-electron chi connectivity index (χ1n) is 5.77. The van der Waals surface area contributed by atoms with Gasteiger partial charge < -0.3 is 5.32 Å². The van der Waals surface area contributed by atoms with Crippen molar-refractivity contribution in [3.05, 3.63) is 63.5 Å². The number of amides is 1. The maximum Gasteiger partial charge on any atom is 0.273 e. The highest BCUT2D eigenvalue weighted by Gasteiger charge is 2.16. The maximum absolute atomic E-state index is 13.3. The van der Waals surface area contributed by atoms with E-state index in [-0.39, 0.29) is 16.9 Å². The monoisotopic (exact) mass is 293 g/mol. The van der Waals surface area contributed by atoms with Gasteiger partial charge in [0.05, 0.1) is 10.6 Å². The van der Waals surface area contributed by atoms with E-state index in [2.05, 4.69) is 10.3 Å². The number of anilines is 1. The second-order valence-corrected chi connectivity index (χ2v) is 4.18. The summed E-state index contributed by atoms with van der Waals surface area (Å²) in [7, 11) is 0. The largest absolute Gasteiger partial charge is 0.318 e. The number of pyridine rings is 1. The van der Waals surface area contributed by atoms with Gasteiger partial charge in [-0.1, -0.05) is 6.07 Å². The Labute approximate surface area is 117 Å². The zero-order valence-electron chi connectivity index (χ0n) is 10.8. The Kier molecular flexibility index (Phi) is 3.88. The van der Waals surface area contributed by atoms with Gasteiger partial charge in [-0.3, -0.25) is 14.9 Å². The Morgan fingerprint density at radius 2 is 2.00 bits per heavy atom. The lowest BCUT2D eigenvalue weighted by molar-refractivity contribution is -0.385. The summed E-state index contributed by atoms with van der Waals surface area (Å²) in [5.41, 5.74) is -0.160. The molecule has 6 nitrogen and oxygen atoms in total. The fourth-order valence-electron chi connectivity index (χ4n) is 1.65. The number of carbonyl (C=O) groups excluding carboxylic acids is 1. The summed E-state index contributed by atoms with van der Waals surface area (Å²) in [6, 6.07) is 5.76. The normalized spacial score (nSPS) is 10.2. The molecule has 0 radical (unpaired) electrons. The Bertz CT molecular complexity index is 735.